The molecule has 1 aromatic heterocycles. The van der Waals surface area contributed by atoms with Crippen LogP contribution in [0.2, 0.25) is 0 Å². The summed E-state index contributed by atoms with van der Waals surface area (Å²) in [6, 6.07) is 13.1. The molecule has 0 spiro atoms. The molecule has 7 heteroatoms. The molecule has 0 N–H and O–H groups in total. The zero-order chi connectivity index (χ0) is 18.3. The number of amides is 2. The highest BCUT2D eigenvalue weighted by Crippen LogP contribution is 2.24. The van der Waals surface area contributed by atoms with E-state index in [0.29, 0.717) is 21.7 Å². The summed E-state index contributed by atoms with van der Waals surface area (Å²) in [7, 11) is 1.55. The van der Waals surface area contributed by atoms with Gasteiger partial charge in [0, 0.05) is 17.6 Å². The molecule has 4 rings (SSSR count). The van der Waals surface area contributed by atoms with Crippen molar-refractivity contribution in [2.45, 2.75) is 0 Å². The number of ether oxygens (including phenoxy) is 1. The second kappa shape index (κ2) is 5.96. The fourth-order valence-corrected chi connectivity index (χ4v) is 2.73. The van der Waals surface area contributed by atoms with Crippen molar-refractivity contribution in [2.75, 3.05) is 7.11 Å². The minimum absolute atomic E-state index is 0.124. The van der Waals surface area contributed by atoms with Gasteiger partial charge in [-0.1, -0.05) is 17.2 Å². The molecule has 0 radical (unpaired) electrons. The van der Waals surface area contributed by atoms with E-state index >= 15 is 0 Å². The topological polar surface area (TPSA) is 85.8 Å². The summed E-state index contributed by atoms with van der Waals surface area (Å²) in [5.41, 5.74) is 1.17. The average Bonchev–Trinajstić information content (AvgIpc) is 2.92. The van der Waals surface area contributed by atoms with Gasteiger partial charge in [0.05, 0.1) is 29.3 Å². The van der Waals surface area contributed by atoms with E-state index in [4.69, 9.17) is 9.57 Å². The Morgan fingerprint density at radius 2 is 1.69 bits per heavy atom. The van der Waals surface area contributed by atoms with Gasteiger partial charge in [-0.25, -0.2) is 4.79 Å². The Morgan fingerprint density at radius 1 is 1.00 bits per heavy atom. The molecule has 1 aliphatic rings. The molecule has 3 aromatic rings. The van der Waals surface area contributed by atoms with Gasteiger partial charge in [-0.15, -0.1) is 0 Å². The number of rotatable bonds is 3. The number of methoxy groups -OCH3 is 1. The van der Waals surface area contributed by atoms with Gasteiger partial charge in [-0.2, -0.15) is 0 Å². The number of pyridine rings is 1. The van der Waals surface area contributed by atoms with Crippen LogP contribution in [0.4, 0.5) is 0 Å². The van der Waals surface area contributed by atoms with Crippen LogP contribution in [0.3, 0.4) is 0 Å². The number of imide groups is 1. The summed E-state index contributed by atoms with van der Waals surface area (Å²) in [6.45, 7) is 0. The summed E-state index contributed by atoms with van der Waals surface area (Å²) < 4.78 is 5.13. The predicted molar refractivity (Wildman–Crippen MR) is 90.7 cm³/mol. The van der Waals surface area contributed by atoms with Gasteiger partial charge >= 0.3 is 5.97 Å². The van der Waals surface area contributed by atoms with Crippen LogP contribution in [-0.4, -0.2) is 34.9 Å². The monoisotopic (exact) mass is 348 g/mol. The van der Waals surface area contributed by atoms with E-state index in [9.17, 15) is 14.4 Å². The fraction of sp³-hybridized carbons (Fsp3) is 0.0526. The number of carbonyl (C=O) groups excluding carboxylic acids is 3. The molecule has 2 aromatic carbocycles. The highest BCUT2D eigenvalue weighted by molar-refractivity contribution is 6.21. The first kappa shape index (κ1) is 15.8. The maximum atomic E-state index is 12.4. The van der Waals surface area contributed by atoms with Crippen LogP contribution in [-0.2, 0) is 4.84 Å². The smallest absolute Gasteiger partial charge is 0.365 e. The van der Waals surface area contributed by atoms with Crippen LogP contribution in [0.5, 0.6) is 5.75 Å². The molecule has 2 heterocycles. The Balaban J connectivity index is 1.60. The first-order valence-corrected chi connectivity index (χ1v) is 7.72. The number of benzene rings is 2. The van der Waals surface area contributed by atoms with E-state index in [0.717, 1.165) is 0 Å². The Bertz CT molecular complexity index is 1040. The van der Waals surface area contributed by atoms with E-state index < -0.39 is 17.8 Å². The number of fused-ring (bicyclic) bond motifs is 2. The summed E-state index contributed by atoms with van der Waals surface area (Å²) in [5, 5.41) is 1.17. The number of hydrogen-bond acceptors (Lipinski definition) is 6. The SMILES string of the molecule is COc1ccc2cc(C(=O)ON3C(=O)c4ccccc4C3=O)cnc2c1. The Labute approximate surface area is 147 Å². The van der Waals surface area contributed by atoms with E-state index in [2.05, 4.69) is 4.98 Å². The second-order valence-electron chi connectivity index (χ2n) is 5.61. The molecule has 2 amide bonds. The predicted octanol–water partition coefficient (Wildman–Crippen LogP) is 2.61. The molecule has 0 fully saturated rings. The minimum Gasteiger partial charge on any atom is -0.497 e. The molecule has 0 aliphatic carbocycles. The molecule has 1 aliphatic heterocycles. The molecular weight excluding hydrogens is 336 g/mol. The molecule has 0 bridgehead atoms. The van der Waals surface area contributed by atoms with Crippen LogP contribution in [0.15, 0.2) is 54.7 Å². The van der Waals surface area contributed by atoms with E-state index in [1.54, 1.807) is 43.5 Å². The number of aromatic nitrogens is 1. The molecule has 7 nitrogen and oxygen atoms in total. The molecule has 0 unspecified atom stereocenters. The highest BCUT2D eigenvalue weighted by atomic mass is 16.7. The standard InChI is InChI=1S/C19H12N2O5/c1-25-13-7-6-11-8-12(10-20-16(11)9-13)19(24)26-21-17(22)14-4-2-3-5-15(14)18(21)23/h2-10H,1H3. The van der Waals surface area contributed by atoms with Gasteiger partial charge in [-0.3, -0.25) is 14.6 Å². The van der Waals surface area contributed by atoms with Gasteiger partial charge in [0.1, 0.15) is 5.75 Å². The summed E-state index contributed by atoms with van der Waals surface area (Å²) >= 11 is 0. The van der Waals surface area contributed by atoms with Crippen molar-refractivity contribution < 1.29 is 24.0 Å². The number of carbonyl (C=O) groups is 3. The van der Waals surface area contributed by atoms with Crippen molar-refractivity contribution in [1.82, 2.24) is 10.0 Å². The molecular formula is C19H12N2O5. The summed E-state index contributed by atoms with van der Waals surface area (Å²) in [6.07, 6.45) is 1.32. The van der Waals surface area contributed by atoms with Gasteiger partial charge in [0.2, 0.25) is 0 Å². The normalized spacial score (nSPS) is 13.0. The van der Waals surface area contributed by atoms with Gasteiger partial charge in [-0.05, 0) is 30.3 Å². The first-order valence-electron chi connectivity index (χ1n) is 7.72. The van der Waals surface area contributed by atoms with Crippen LogP contribution in [0, 0.1) is 0 Å². The van der Waals surface area contributed by atoms with Crippen molar-refractivity contribution >= 4 is 28.7 Å². The van der Waals surface area contributed by atoms with E-state index in [1.807, 2.05) is 0 Å². The largest absolute Gasteiger partial charge is 0.497 e. The summed E-state index contributed by atoms with van der Waals surface area (Å²) in [5.74, 6) is -1.54. The lowest BCUT2D eigenvalue weighted by molar-refractivity contribution is -0.0584. The number of hydrogen-bond donors (Lipinski definition) is 0. The quantitative estimate of drug-likeness (QED) is 0.676. The maximum absolute atomic E-state index is 12.4. The van der Waals surface area contributed by atoms with Crippen molar-refractivity contribution in [1.29, 1.82) is 0 Å². The second-order valence-corrected chi connectivity index (χ2v) is 5.61. The Hall–Kier alpha value is -3.74. The summed E-state index contributed by atoms with van der Waals surface area (Å²) in [4.78, 5) is 46.1. The molecule has 0 saturated carbocycles. The molecule has 0 saturated heterocycles. The molecule has 0 atom stereocenters. The average molecular weight is 348 g/mol. The van der Waals surface area contributed by atoms with Crippen molar-refractivity contribution in [3.63, 3.8) is 0 Å². The minimum atomic E-state index is -0.843. The van der Waals surface area contributed by atoms with Crippen molar-refractivity contribution in [3.05, 3.63) is 71.4 Å². The third kappa shape index (κ3) is 2.46. The lowest BCUT2D eigenvalue weighted by Crippen LogP contribution is -2.32. The Morgan fingerprint density at radius 3 is 2.35 bits per heavy atom. The lowest BCUT2D eigenvalue weighted by atomic mass is 10.1. The molecule has 26 heavy (non-hydrogen) atoms. The van der Waals surface area contributed by atoms with Crippen LogP contribution in [0.1, 0.15) is 31.1 Å². The van der Waals surface area contributed by atoms with E-state index in [-0.39, 0.29) is 16.7 Å². The number of nitrogens with zero attached hydrogens (tertiary/aromatic N) is 2. The number of hydroxylamine groups is 2. The van der Waals surface area contributed by atoms with Gasteiger partial charge < -0.3 is 9.57 Å². The Kier molecular flexibility index (Phi) is 3.62. The third-order valence-electron chi connectivity index (χ3n) is 4.06. The van der Waals surface area contributed by atoms with E-state index in [1.165, 1.54) is 18.3 Å². The van der Waals surface area contributed by atoms with Gasteiger partial charge in [0.15, 0.2) is 0 Å². The molecule has 128 valence electrons. The lowest BCUT2D eigenvalue weighted by Gasteiger charge is -2.12. The highest BCUT2D eigenvalue weighted by Gasteiger charge is 2.38. The fourth-order valence-electron chi connectivity index (χ4n) is 2.73. The van der Waals surface area contributed by atoms with Crippen molar-refractivity contribution in [2.24, 2.45) is 0 Å². The van der Waals surface area contributed by atoms with Crippen LogP contribution < -0.4 is 4.74 Å². The van der Waals surface area contributed by atoms with Crippen LogP contribution in [0.25, 0.3) is 10.9 Å². The zero-order valence-electron chi connectivity index (χ0n) is 13.6. The third-order valence-corrected chi connectivity index (χ3v) is 4.06. The maximum Gasteiger partial charge on any atom is 0.365 e. The first-order chi connectivity index (χ1) is 12.6. The van der Waals surface area contributed by atoms with Crippen molar-refractivity contribution in [3.8, 4) is 5.75 Å². The van der Waals surface area contributed by atoms with Gasteiger partial charge in [0.25, 0.3) is 11.8 Å². The van der Waals surface area contributed by atoms with Crippen LogP contribution >= 0.6 is 0 Å². The zero-order valence-corrected chi connectivity index (χ0v) is 13.6.